The Kier molecular flexibility index (Phi) is 2.91. The third-order valence-corrected chi connectivity index (χ3v) is 3.82. The molecule has 0 aromatic carbocycles. The smallest absolute Gasteiger partial charge is 0.254 e. The molecule has 96 valence electrons. The van der Waals surface area contributed by atoms with E-state index in [-0.39, 0.29) is 12.1 Å². The summed E-state index contributed by atoms with van der Waals surface area (Å²) in [5.74, 6) is 0. The van der Waals surface area contributed by atoms with Crippen molar-refractivity contribution in [1.82, 2.24) is 14.8 Å². The van der Waals surface area contributed by atoms with E-state index in [4.69, 9.17) is 5.73 Å². The molecule has 2 aromatic heterocycles. The summed E-state index contributed by atoms with van der Waals surface area (Å²) in [4.78, 5) is 14.7. The van der Waals surface area contributed by atoms with Crippen molar-refractivity contribution in [2.24, 2.45) is 5.73 Å². The van der Waals surface area contributed by atoms with E-state index in [0.717, 1.165) is 23.9 Å². The number of nitrogens with one attached hydrogen (secondary N) is 1. The SMILES string of the molecule is NCc1cc2cnn(C3CCCCC3)c2[nH]c1=O. The maximum Gasteiger partial charge on any atom is 0.254 e. The van der Waals surface area contributed by atoms with Crippen molar-refractivity contribution in [2.75, 3.05) is 0 Å². The zero-order valence-corrected chi connectivity index (χ0v) is 10.4. The van der Waals surface area contributed by atoms with E-state index < -0.39 is 0 Å². The van der Waals surface area contributed by atoms with Gasteiger partial charge in [-0.05, 0) is 18.9 Å². The van der Waals surface area contributed by atoms with Gasteiger partial charge in [-0.3, -0.25) is 4.79 Å². The van der Waals surface area contributed by atoms with Crippen molar-refractivity contribution < 1.29 is 0 Å². The fourth-order valence-electron chi connectivity index (χ4n) is 2.81. The number of fused-ring (bicyclic) bond motifs is 1. The summed E-state index contributed by atoms with van der Waals surface area (Å²) in [5, 5.41) is 5.41. The molecule has 0 aliphatic heterocycles. The molecule has 3 rings (SSSR count). The van der Waals surface area contributed by atoms with Crippen molar-refractivity contribution in [3.63, 3.8) is 0 Å². The molecular weight excluding hydrogens is 228 g/mol. The van der Waals surface area contributed by atoms with Crippen LogP contribution in [-0.2, 0) is 6.54 Å². The van der Waals surface area contributed by atoms with E-state index >= 15 is 0 Å². The van der Waals surface area contributed by atoms with Gasteiger partial charge in [-0.1, -0.05) is 19.3 Å². The van der Waals surface area contributed by atoms with Gasteiger partial charge in [0, 0.05) is 17.5 Å². The van der Waals surface area contributed by atoms with Crippen LogP contribution in [0.4, 0.5) is 0 Å². The molecule has 1 fully saturated rings. The lowest BCUT2D eigenvalue weighted by Crippen LogP contribution is -2.19. The van der Waals surface area contributed by atoms with Crippen molar-refractivity contribution in [3.05, 3.63) is 28.2 Å². The number of H-pyrrole nitrogens is 1. The fraction of sp³-hybridized carbons (Fsp3) is 0.538. The van der Waals surface area contributed by atoms with Crippen LogP contribution in [0.5, 0.6) is 0 Å². The highest BCUT2D eigenvalue weighted by atomic mass is 16.1. The van der Waals surface area contributed by atoms with E-state index in [2.05, 4.69) is 10.1 Å². The summed E-state index contributed by atoms with van der Waals surface area (Å²) < 4.78 is 1.98. The predicted octanol–water partition coefficient (Wildman–Crippen LogP) is 1.69. The maximum absolute atomic E-state index is 11.8. The van der Waals surface area contributed by atoms with Crippen molar-refractivity contribution in [2.45, 2.75) is 44.7 Å². The highest BCUT2D eigenvalue weighted by molar-refractivity contribution is 5.75. The van der Waals surface area contributed by atoms with Gasteiger partial charge in [-0.25, -0.2) is 4.68 Å². The second-order valence-electron chi connectivity index (χ2n) is 5.01. The molecule has 1 aliphatic rings. The minimum Gasteiger partial charge on any atom is -0.326 e. The van der Waals surface area contributed by atoms with E-state index in [1.807, 2.05) is 16.9 Å². The van der Waals surface area contributed by atoms with E-state index in [1.165, 1.54) is 19.3 Å². The molecule has 2 heterocycles. The Morgan fingerprint density at radius 2 is 2.17 bits per heavy atom. The summed E-state index contributed by atoms with van der Waals surface area (Å²) in [6.45, 7) is 0.264. The third kappa shape index (κ3) is 1.84. The minimum absolute atomic E-state index is 0.0949. The first-order chi connectivity index (χ1) is 8.79. The standard InChI is InChI=1S/C13H18N4O/c14-7-9-6-10-8-15-17(12(10)16-13(9)18)11-4-2-1-3-5-11/h6,8,11H,1-5,7,14H2,(H,16,18). The number of rotatable bonds is 2. The number of nitrogens with zero attached hydrogens (tertiary/aromatic N) is 2. The molecule has 5 heteroatoms. The predicted molar refractivity (Wildman–Crippen MR) is 70.4 cm³/mol. The quantitative estimate of drug-likeness (QED) is 0.846. The highest BCUT2D eigenvalue weighted by Crippen LogP contribution is 2.29. The second kappa shape index (κ2) is 4.57. The number of pyridine rings is 1. The van der Waals surface area contributed by atoms with E-state index in [0.29, 0.717) is 11.6 Å². The Labute approximate surface area is 105 Å². The van der Waals surface area contributed by atoms with Gasteiger partial charge in [0.2, 0.25) is 0 Å². The molecule has 2 aromatic rings. The van der Waals surface area contributed by atoms with E-state index in [9.17, 15) is 4.79 Å². The molecule has 5 nitrogen and oxygen atoms in total. The Morgan fingerprint density at radius 1 is 1.39 bits per heavy atom. The van der Waals surface area contributed by atoms with Crippen LogP contribution >= 0.6 is 0 Å². The van der Waals surface area contributed by atoms with Crippen LogP contribution in [-0.4, -0.2) is 14.8 Å². The molecule has 0 saturated heterocycles. The van der Waals surface area contributed by atoms with Crippen molar-refractivity contribution in [3.8, 4) is 0 Å². The van der Waals surface area contributed by atoms with Gasteiger partial charge in [0.25, 0.3) is 5.56 Å². The number of hydrogen-bond acceptors (Lipinski definition) is 3. The molecule has 3 N–H and O–H groups in total. The largest absolute Gasteiger partial charge is 0.326 e. The molecule has 0 radical (unpaired) electrons. The average Bonchev–Trinajstić information content (AvgIpc) is 2.81. The molecule has 0 atom stereocenters. The zero-order valence-electron chi connectivity index (χ0n) is 10.4. The van der Waals surface area contributed by atoms with E-state index in [1.54, 1.807) is 0 Å². The van der Waals surface area contributed by atoms with Crippen molar-refractivity contribution >= 4 is 11.0 Å². The Morgan fingerprint density at radius 3 is 2.89 bits per heavy atom. The Hall–Kier alpha value is -1.62. The topological polar surface area (TPSA) is 76.7 Å². The van der Waals surface area contributed by atoms with Crippen LogP contribution in [0.25, 0.3) is 11.0 Å². The van der Waals surface area contributed by atoms with Gasteiger partial charge >= 0.3 is 0 Å². The molecular formula is C13H18N4O. The summed E-state index contributed by atoms with van der Waals surface area (Å²) in [5.41, 5.74) is 6.90. The Balaban J connectivity index is 2.08. The molecule has 0 unspecified atom stereocenters. The average molecular weight is 246 g/mol. The summed E-state index contributed by atoms with van der Waals surface area (Å²) in [6, 6.07) is 2.27. The minimum atomic E-state index is -0.0949. The number of aromatic amines is 1. The van der Waals surface area contributed by atoms with Gasteiger partial charge in [0.05, 0.1) is 12.2 Å². The maximum atomic E-state index is 11.8. The first-order valence-electron chi connectivity index (χ1n) is 6.59. The summed E-state index contributed by atoms with van der Waals surface area (Å²) in [7, 11) is 0. The summed E-state index contributed by atoms with van der Waals surface area (Å²) >= 11 is 0. The van der Waals surface area contributed by atoms with Crippen LogP contribution in [0.1, 0.15) is 43.7 Å². The van der Waals surface area contributed by atoms with Gasteiger partial charge in [-0.15, -0.1) is 0 Å². The number of nitrogens with two attached hydrogens (primary N) is 1. The van der Waals surface area contributed by atoms with Gasteiger partial charge < -0.3 is 10.7 Å². The van der Waals surface area contributed by atoms with Crippen LogP contribution in [0.3, 0.4) is 0 Å². The van der Waals surface area contributed by atoms with Gasteiger partial charge in [0.1, 0.15) is 5.65 Å². The lowest BCUT2D eigenvalue weighted by molar-refractivity contribution is 0.335. The molecule has 1 saturated carbocycles. The van der Waals surface area contributed by atoms with Crippen LogP contribution < -0.4 is 11.3 Å². The summed E-state index contributed by atoms with van der Waals surface area (Å²) in [6.07, 6.45) is 7.92. The lowest BCUT2D eigenvalue weighted by Gasteiger charge is -2.22. The second-order valence-corrected chi connectivity index (χ2v) is 5.01. The zero-order chi connectivity index (χ0) is 12.5. The van der Waals surface area contributed by atoms with Crippen LogP contribution in [0.15, 0.2) is 17.1 Å². The van der Waals surface area contributed by atoms with Crippen molar-refractivity contribution in [1.29, 1.82) is 0 Å². The first kappa shape index (κ1) is 11.5. The normalized spacial score (nSPS) is 17.4. The molecule has 18 heavy (non-hydrogen) atoms. The first-order valence-corrected chi connectivity index (χ1v) is 6.59. The monoisotopic (exact) mass is 246 g/mol. The lowest BCUT2D eigenvalue weighted by atomic mass is 9.96. The number of hydrogen-bond donors (Lipinski definition) is 2. The fourth-order valence-corrected chi connectivity index (χ4v) is 2.81. The molecule has 0 amide bonds. The number of aromatic nitrogens is 3. The van der Waals surface area contributed by atoms with Crippen LogP contribution in [0, 0.1) is 0 Å². The molecule has 1 aliphatic carbocycles. The van der Waals surface area contributed by atoms with Gasteiger partial charge in [-0.2, -0.15) is 5.10 Å². The van der Waals surface area contributed by atoms with Gasteiger partial charge in [0.15, 0.2) is 0 Å². The molecule has 0 spiro atoms. The Bertz CT molecular complexity index is 607. The highest BCUT2D eigenvalue weighted by Gasteiger charge is 2.18. The van der Waals surface area contributed by atoms with Crippen LogP contribution in [0.2, 0.25) is 0 Å². The third-order valence-electron chi connectivity index (χ3n) is 3.82. The molecule has 0 bridgehead atoms.